The highest BCUT2D eigenvalue weighted by molar-refractivity contribution is 9.10. The van der Waals surface area contributed by atoms with E-state index in [1.807, 2.05) is 37.3 Å². The van der Waals surface area contributed by atoms with Crippen LogP contribution >= 0.6 is 15.9 Å². The molecule has 0 fully saturated rings. The Morgan fingerprint density at radius 1 is 0.917 bits per heavy atom. The lowest BCUT2D eigenvalue weighted by molar-refractivity contribution is -0.139. The molecule has 0 bridgehead atoms. The Balaban J connectivity index is 1.98. The van der Waals surface area contributed by atoms with E-state index in [0.29, 0.717) is 12.2 Å². The van der Waals surface area contributed by atoms with E-state index in [0.717, 1.165) is 20.8 Å². The third-order valence-electron chi connectivity index (χ3n) is 5.64. The second-order valence-electron chi connectivity index (χ2n) is 8.28. The Bertz CT molecular complexity index is 1250. The summed E-state index contributed by atoms with van der Waals surface area (Å²) in [5.41, 5.74) is 1.18. The van der Waals surface area contributed by atoms with Crippen LogP contribution in [0.2, 0.25) is 0 Å². The molecule has 1 N–H and O–H groups in total. The Hall–Kier alpha value is -3.17. The highest BCUT2D eigenvalue weighted by atomic mass is 79.9. The first kappa shape index (κ1) is 27.4. The van der Waals surface area contributed by atoms with E-state index in [9.17, 15) is 18.0 Å². The van der Waals surface area contributed by atoms with Gasteiger partial charge in [-0.25, -0.2) is 8.42 Å². The standard InChI is InChI=1S/C27H30BrN3O4S/c1-3-18-29-27(33)21(2)30(19-22-10-6-4-7-11-22)26(32)20-31(24-16-14-23(28)15-17-24)36(34,35)25-12-8-5-9-13-25/h4-17,21H,3,18-20H2,1-2H3,(H,29,33). The highest BCUT2D eigenvalue weighted by Gasteiger charge is 2.32. The lowest BCUT2D eigenvalue weighted by atomic mass is 10.1. The van der Waals surface area contributed by atoms with Gasteiger partial charge in [-0.3, -0.25) is 13.9 Å². The normalized spacial score (nSPS) is 12.0. The number of hydrogen-bond acceptors (Lipinski definition) is 4. The van der Waals surface area contributed by atoms with Gasteiger partial charge in [-0.2, -0.15) is 0 Å². The number of hydrogen-bond donors (Lipinski definition) is 1. The molecule has 9 heteroatoms. The molecule has 1 atom stereocenters. The second kappa shape index (κ2) is 12.7. The van der Waals surface area contributed by atoms with Crippen molar-refractivity contribution in [2.24, 2.45) is 0 Å². The van der Waals surface area contributed by atoms with Gasteiger partial charge >= 0.3 is 0 Å². The number of anilines is 1. The predicted molar refractivity (Wildman–Crippen MR) is 145 cm³/mol. The quantitative estimate of drug-likeness (QED) is 0.364. The van der Waals surface area contributed by atoms with E-state index < -0.39 is 28.5 Å². The van der Waals surface area contributed by atoms with Crippen LogP contribution in [0.3, 0.4) is 0 Å². The Morgan fingerprint density at radius 2 is 1.50 bits per heavy atom. The Kier molecular flexibility index (Phi) is 9.66. The molecular formula is C27H30BrN3O4S. The third kappa shape index (κ3) is 6.95. The molecule has 0 aromatic heterocycles. The number of nitrogens with zero attached hydrogens (tertiary/aromatic N) is 2. The number of benzene rings is 3. The number of amides is 2. The van der Waals surface area contributed by atoms with Gasteiger partial charge in [-0.1, -0.05) is 71.4 Å². The number of sulfonamides is 1. The van der Waals surface area contributed by atoms with Gasteiger partial charge in [-0.05, 0) is 55.3 Å². The molecule has 0 spiro atoms. The summed E-state index contributed by atoms with van der Waals surface area (Å²) in [7, 11) is -4.06. The Labute approximate surface area is 221 Å². The summed E-state index contributed by atoms with van der Waals surface area (Å²) in [4.78, 5) is 28.0. The first-order chi connectivity index (χ1) is 17.2. The van der Waals surface area contributed by atoms with Crippen molar-refractivity contribution >= 4 is 43.5 Å². The van der Waals surface area contributed by atoms with Crippen LogP contribution in [-0.2, 0) is 26.2 Å². The van der Waals surface area contributed by atoms with Crippen LogP contribution < -0.4 is 9.62 Å². The summed E-state index contributed by atoms with van der Waals surface area (Å²) in [6, 6.07) is 23.2. The molecule has 0 saturated heterocycles. The molecule has 3 aromatic rings. The van der Waals surface area contributed by atoms with E-state index in [-0.39, 0.29) is 17.3 Å². The number of nitrogens with one attached hydrogen (secondary N) is 1. The average molecular weight is 573 g/mol. The number of carbonyl (C=O) groups is 2. The van der Waals surface area contributed by atoms with Gasteiger partial charge in [-0.15, -0.1) is 0 Å². The van der Waals surface area contributed by atoms with Crippen LogP contribution in [0.1, 0.15) is 25.8 Å². The Morgan fingerprint density at radius 3 is 2.08 bits per heavy atom. The molecular weight excluding hydrogens is 542 g/mol. The van der Waals surface area contributed by atoms with Crippen LogP contribution in [0.4, 0.5) is 5.69 Å². The van der Waals surface area contributed by atoms with Gasteiger partial charge in [0, 0.05) is 17.6 Å². The molecule has 0 aliphatic rings. The fourth-order valence-electron chi connectivity index (χ4n) is 3.61. The molecule has 36 heavy (non-hydrogen) atoms. The zero-order chi connectivity index (χ0) is 26.1. The van der Waals surface area contributed by atoms with Crippen LogP contribution in [0, 0.1) is 0 Å². The molecule has 0 aliphatic heterocycles. The maximum Gasteiger partial charge on any atom is 0.264 e. The zero-order valence-corrected chi connectivity index (χ0v) is 22.7. The molecule has 0 saturated carbocycles. The smallest absolute Gasteiger partial charge is 0.264 e. The molecule has 0 radical (unpaired) electrons. The molecule has 7 nitrogen and oxygen atoms in total. The average Bonchev–Trinajstić information content (AvgIpc) is 2.90. The van der Waals surface area contributed by atoms with E-state index in [1.165, 1.54) is 17.0 Å². The number of rotatable bonds is 11. The first-order valence-electron chi connectivity index (χ1n) is 11.7. The van der Waals surface area contributed by atoms with Crippen molar-refractivity contribution in [2.45, 2.75) is 37.8 Å². The van der Waals surface area contributed by atoms with Crippen molar-refractivity contribution in [3.63, 3.8) is 0 Å². The molecule has 1 unspecified atom stereocenters. The minimum Gasteiger partial charge on any atom is -0.354 e. The van der Waals surface area contributed by atoms with Gasteiger partial charge in [0.1, 0.15) is 12.6 Å². The largest absolute Gasteiger partial charge is 0.354 e. The van der Waals surface area contributed by atoms with E-state index in [2.05, 4.69) is 21.2 Å². The second-order valence-corrected chi connectivity index (χ2v) is 11.1. The van der Waals surface area contributed by atoms with E-state index >= 15 is 0 Å². The topological polar surface area (TPSA) is 86.8 Å². The van der Waals surface area contributed by atoms with E-state index in [1.54, 1.807) is 49.4 Å². The molecule has 2 amide bonds. The lowest BCUT2D eigenvalue weighted by Crippen LogP contribution is -2.51. The summed E-state index contributed by atoms with van der Waals surface area (Å²) < 4.78 is 29.2. The molecule has 0 aliphatic carbocycles. The van der Waals surface area contributed by atoms with Crippen LogP contribution in [0.5, 0.6) is 0 Å². The molecule has 3 rings (SSSR count). The van der Waals surface area contributed by atoms with Crippen molar-refractivity contribution < 1.29 is 18.0 Å². The van der Waals surface area contributed by atoms with Crippen LogP contribution in [0.15, 0.2) is 94.3 Å². The summed E-state index contributed by atoms with van der Waals surface area (Å²) in [5, 5.41) is 2.83. The van der Waals surface area contributed by atoms with Crippen LogP contribution in [-0.4, -0.2) is 44.3 Å². The summed E-state index contributed by atoms with van der Waals surface area (Å²) in [6.45, 7) is 3.80. The van der Waals surface area contributed by atoms with Gasteiger partial charge in [0.05, 0.1) is 10.6 Å². The van der Waals surface area contributed by atoms with Crippen LogP contribution in [0.25, 0.3) is 0 Å². The first-order valence-corrected chi connectivity index (χ1v) is 13.9. The fourth-order valence-corrected chi connectivity index (χ4v) is 5.31. The third-order valence-corrected chi connectivity index (χ3v) is 7.95. The summed E-state index contributed by atoms with van der Waals surface area (Å²) >= 11 is 3.37. The maximum absolute atomic E-state index is 13.7. The minimum atomic E-state index is -4.06. The van der Waals surface area contributed by atoms with Gasteiger partial charge in [0.15, 0.2) is 0 Å². The van der Waals surface area contributed by atoms with Crippen molar-refractivity contribution in [1.29, 1.82) is 0 Å². The highest BCUT2D eigenvalue weighted by Crippen LogP contribution is 2.26. The van der Waals surface area contributed by atoms with Gasteiger partial charge in [0.2, 0.25) is 11.8 Å². The number of halogens is 1. The fraction of sp³-hybridized carbons (Fsp3) is 0.259. The van der Waals surface area contributed by atoms with E-state index in [4.69, 9.17) is 0 Å². The lowest BCUT2D eigenvalue weighted by Gasteiger charge is -2.32. The van der Waals surface area contributed by atoms with Gasteiger partial charge in [0.25, 0.3) is 10.0 Å². The predicted octanol–water partition coefficient (Wildman–Crippen LogP) is 4.59. The minimum absolute atomic E-state index is 0.0732. The molecule has 3 aromatic carbocycles. The van der Waals surface area contributed by atoms with Crippen molar-refractivity contribution in [2.75, 3.05) is 17.4 Å². The van der Waals surface area contributed by atoms with Crippen molar-refractivity contribution in [1.82, 2.24) is 10.2 Å². The molecule has 0 heterocycles. The summed E-state index contributed by atoms with van der Waals surface area (Å²) in [5.74, 6) is -0.775. The number of carbonyl (C=O) groups excluding carboxylic acids is 2. The monoisotopic (exact) mass is 571 g/mol. The molecule has 190 valence electrons. The van der Waals surface area contributed by atoms with Gasteiger partial charge < -0.3 is 10.2 Å². The summed E-state index contributed by atoms with van der Waals surface area (Å²) in [6.07, 6.45) is 0.762. The maximum atomic E-state index is 13.7. The van der Waals surface area contributed by atoms with Crippen molar-refractivity contribution in [3.05, 3.63) is 95.0 Å². The SMILES string of the molecule is CCCNC(=O)C(C)N(Cc1ccccc1)C(=O)CN(c1ccc(Br)cc1)S(=O)(=O)c1ccccc1. The zero-order valence-electron chi connectivity index (χ0n) is 20.3. The van der Waals surface area contributed by atoms with Crippen molar-refractivity contribution in [3.8, 4) is 0 Å².